The molecule has 3 aromatic rings. The van der Waals surface area contributed by atoms with Crippen molar-refractivity contribution >= 4 is 34.0 Å². The fourth-order valence-corrected chi connectivity index (χ4v) is 9.99. The summed E-state index contributed by atoms with van der Waals surface area (Å²) >= 11 is 6.10. The van der Waals surface area contributed by atoms with Crippen molar-refractivity contribution in [1.29, 1.82) is 0 Å². The first kappa shape index (κ1) is 33.9. The van der Waals surface area contributed by atoms with Crippen molar-refractivity contribution < 1.29 is 0 Å². The van der Waals surface area contributed by atoms with Gasteiger partial charge >= 0.3 is 0 Å². The van der Waals surface area contributed by atoms with E-state index in [1.54, 1.807) is 32.0 Å². The number of aryl methyl sites for hydroxylation is 2. The van der Waals surface area contributed by atoms with Gasteiger partial charge in [0.1, 0.15) is 0 Å². The maximum atomic E-state index is 2.75. The van der Waals surface area contributed by atoms with Gasteiger partial charge in [0.25, 0.3) is 0 Å². The monoisotopic (exact) mass is 625 g/mol. The summed E-state index contributed by atoms with van der Waals surface area (Å²) < 4.78 is 0. The molecule has 0 saturated heterocycles. The Hall–Kier alpha value is -0.940. The summed E-state index contributed by atoms with van der Waals surface area (Å²) in [6.45, 7) is 10.5. The number of nitrogens with zero attached hydrogens (tertiary/aromatic N) is 1. The molecule has 4 heteroatoms. The van der Waals surface area contributed by atoms with Gasteiger partial charge in [-0.25, -0.2) is 0 Å². The Morgan fingerprint density at radius 3 is 1.38 bits per heavy atom. The highest BCUT2D eigenvalue weighted by atomic mass is 32.1. The number of unbranched alkanes of at least 4 members (excludes halogenated alkanes) is 15. The lowest BCUT2D eigenvalue weighted by Crippen LogP contribution is -2.18. The van der Waals surface area contributed by atoms with Gasteiger partial charge in [0, 0.05) is 32.6 Å². The van der Waals surface area contributed by atoms with Crippen molar-refractivity contribution in [3.05, 3.63) is 45.1 Å². The van der Waals surface area contributed by atoms with E-state index >= 15 is 0 Å². The third-order valence-electron chi connectivity index (χ3n) is 9.10. The van der Waals surface area contributed by atoms with Crippen molar-refractivity contribution in [2.45, 2.75) is 162 Å². The molecule has 0 aliphatic carbocycles. The van der Waals surface area contributed by atoms with E-state index < -0.39 is 0 Å². The zero-order chi connectivity index (χ0) is 29.4. The van der Waals surface area contributed by atoms with Crippen molar-refractivity contribution in [2.24, 2.45) is 0 Å². The summed E-state index contributed by atoms with van der Waals surface area (Å²) in [4.78, 5) is 8.95. The molecule has 1 aliphatic heterocycles. The van der Waals surface area contributed by atoms with Crippen LogP contribution in [0.2, 0.25) is 0 Å². The second-order valence-electron chi connectivity index (χ2n) is 12.9. The molecule has 0 fully saturated rings. The SMILES string of the molecule is CCCCCCCCc1csc(-c2sc(-c3cc(CCCCCCCC)cs3)c3c2CN(CCCCCCCC)C3)c1. The molecule has 1 nitrogen and oxygen atoms in total. The molecule has 0 aromatic carbocycles. The zero-order valence-corrected chi connectivity index (χ0v) is 29.7. The van der Waals surface area contributed by atoms with Crippen LogP contribution in [0.25, 0.3) is 19.5 Å². The zero-order valence-electron chi connectivity index (χ0n) is 27.2. The molecule has 0 bridgehead atoms. The maximum absolute atomic E-state index is 2.75. The molecule has 0 unspecified atom stereocenters. The molecule has 0 spiro atoms. The normalized spacial score (nSPS) is 13.4. The molecular weight excluding hydrogens is 567 g/mol. The highest BCUT2D eigenvalue weighted by Gasteiger charge is 2.29. The Kier molecular flexibility index (Phi) is 15.7. The summed E-state index contributed by atoms with van der Waals surface area (Å²) in [5, 5.41) is 4.92. The van der Waals surface area contributed by atoms with Crippen LogP contribution in [0.5, 0.6) is 0 Å². The Balaban J connectivity index is 1.41. The largest absolute Gasteiger partial charge is 0.295 e. The van der Waals surface area contributed by atoms with E-state index in [-0.39, 0.29) is 0 Å². The van der Waals surface area contributed by atoms with Crippen molar-refractivity contribution in [2.75, 3.05) is 6.54 Å². The smallest absolute Gasteiger partial charge is 0.0498 e. The van der Waals surface area contributed by atoms with E-state index in [1.807, 2.05) is 22.7 Å². The summed E-state index contributed by atoms with van der Waals surface area (Å²) in [6, 6.07) is 5.09. The van der Waals surface area contributed by atoms with Gasteiger partial charge in [0.15, 0.2) is 0 Å². The van der Waals surface area contributed by atoms with Crippen LogP contribution < -0.4 is 0 Å². The molecule has 0 saturated carbocycles. The Morgan fingerprint density at radius 1 is 0.524 bits per heavy atom. The highest BCUT2D eigenvalue weighted by molar-refractivity contribution is 7.26. The lowest BCUT2D eigenvalue weighted by molar-refractivity contribution is 0.276. The lowest BCUT2D eigenvalue weighted by Gasteiger charge is -2.15. The molecule has 234 valence electrons. The number of thiophene rings is 3. The van der Waals surface area contributed by atoms with Crippen LogP contribution in [0.1, 0.15) is 159 Å². The Morgan fingerprint density at radius 2 is 0.929 bits per heavy atom. The quantitative estimate of drug-likeness (QED) is 0.0948. The van der Waals surface area contributed by atoms with Crippen molar-refractivity contribution in [1.82, 2.24) is 4.90 Å². The second-order valence-corrected chi connectivity index (χ2v) is 15.7. The molecule has 0 N–H and O–H groups in total. The summed E-state index contributed by atoms with van der Waals surface area (Å²) in [7, 11) is 0. The average Bonchev–Trinajstić information content (AvgIpc) is 3.79. The van der Waals surface area contributed by atoms with Crippen LogP contribution >= 0.6 is 34.0 Å². The third-order valence-corrected chi connectivity index (χ3v) is 12.7. The predicted octanol–water partition coefficient (Wildman–Crippen LogP) is 13.7. The minimum Gasteiger partial charge on any atom is -0.295 e. The summed E-state index contributed by atoms with van der Waals surface area (Å²) in [5.41, 5.74) is 6.43. The van der Waals surface area contributed by atoms with Gasteiger partial charge in [-0.15, -0.1) is 34.0 Å². The van der Waals surface area contributed by atoms with Gasteiger partial charge in [0.05, 0.1) is 0 Å². The standard InChI is InChI=1S/C38H59NS3/c1-4-7-10-13-16-19-22-31-25-35(40-29-31)37-33-27-39(24-21-18-15-12-9-6-3)28-34(33)38(42-37)36-26-32(30-41-36)23-20-17-14-11-8-5-2/h25-26,29-30H,4-24,27-28H2,1-3H3. The molecular formula is C38H59NS3. The molecule has 42 heavy (non-hydrogen) atoms. The van der Waals surface area contributed by atoms with E-state index in [9.17, 15) is 0 Å². The fourth-order valence-electron chi connectivity index (χ4n) is 6.48. The summed E-state index contributed by atoms with van der Waals surface area (Å²) in [5.74, 6) is 0. The van der Waals surface area contributed by atoms with Gasteiger partial charge in [-0.2, -0.15) is 0 Å². The van der Waals surface area contributed by atoms with Crippen molar-refractivity contribution in [3.8, 4) is 19.5 Å². The topological polar surface area (TPSA) is 3.24 Å². The van der Waals surface area contributed by atoms with E-state index in [0.29, 0.717) is 0 Å². The second kappa shape index (κ2) is 19.4. The molecule has 0 radical (unpaired) electrons. The molecule has 3 aromatic heterocycles. The minimum atomic E-state index is 1.15. The average molecular weight is 626 g/mol. The van der Waals surface area contributed by atoms with Crippen LogP contribution in [0.4, 0.5) is 0 Å². The van der Waals surface area contributed by atoms with Gasteiger partial charge in [0.2, 0.25) is 0 Å². The van der Waals surface area contributed by atoms with Gasteiger partial charge in [-0.1, -0.05) is 117 Å². The van der Waals surface area contributed by atoms with Crippen LogP contribution in [-0.2, 0) is 25.9 Å². The van der Waals surface area contributed by atoms with Crippen LogP contribution in [-0.4, -0.2) is 11.4 Å². The third kappa shape index (κ3) is 10.6. The van der Waals surface area contributed by atoms with Gasteiger partial charge in [-0.3, -0.25) is 4.90 Å². The molecule has 0 amide bonds. The van der Waals surface area contributed by atoms with Crippen LogP contribution in [0.3, 0.4) is 0 Å². The van der Waals surface area contributed by atoms with E-state index in [1.165, 1.54) is 145 Å². The molecule has 4 heterocycles. The van der Waals surface area contributed by atoms with Crippen molar-refractivity contribution in [3.63, 3.8) is 0 Å². The first-order valence-electron chi connectivity index (χ1n) is 17.8. The molecule has 0 atom stereocenters. The van der Waals surface area contributed by atoms with Gasteiger partial charge < -0.3 is 0 Å². The van der Waals surface area contributed by atoms with Gasteiger partial charge in [-0.05, 0) is 83.8 Å². The first-order valence-corrected chi connectivity index (χ1v) is 20.3. The van der Waals surface area contributed by atoms with E-state index in [2.05, 4.69) is 59.9 Å². The molecule has 1 aliphatic rings. The van der Waals surface area contributed by atoms with Crippen LogP contribution in [0, 0.1) is 0 Å². The first-order chi connectivity index (χ1) is 20.7. The molecule has 4 rings (SSSR count). The number of hydrogen-bond acceptors (Lipinski definition) is 4. The predicted molar refractivity (Wildman–Crippen MR) is 193 cm³/mol. The van der Waals surface area contributed by atoms with E-state index in [0.717, 1.165) is 13.1 Å². The summed E-state index contributed by atoms with van der Waals surface area (Å²) in [6.07, 6.45) is 27.4. The minimum absolute atomic E-state index is 1.15. The van der Waals surface area contributed by atoms with Crippen LogP contribution in [0.15, 0.2) is 22.9 Å². The maximum Gasteiger partial charge on any atom is 0.0498 e. The number of fused-ring (bicyclic) bond motifs is 1. The van der Waals surface area contributed by atoms with E-state index in [4.69, 9.17) is 0 Å². The Bertz CT molecular complexity index is 1060. The lowest BCUT2D eigenvalue weighted by atomic mass is 10.1. The Labute approximate surface area is 271 Å². The number of rotatable bonds is 23. The number of hydrogen-bond donors (Lipinski definition) is 0. The highest BCUT2D eigenvalue weighted by Crippen LogP contribution is 2.49. The fraction of sp³-hybridized carbons (Fsp3) is 0.684.